The molecule has 0 spiro atoms. The molecular formula is C26H17N2P. The predicted molar refractivity (Wildman–Crippen MR) is 125 cm³/mol. The van der Waals surface area contributed by atoms with Crippen molar-refractivity contribution >= 4 is 51.5 Å². The lowest BCUT2D eigenvalue weighted by Gasteiger charge is -2.10. The summed E-state index contributed by atoms with van der Waals surface area (Å²) in [7, 11) is -0.764. The maximum atomic E-state index is 2.58. The minimum Gasteiger partial charge on any atom is -0.281 e. The Labute approximate surface area is 168 Å². The van der Waals surface area contributed by atoms with E-state index in [1.807, 2.05) is 0 Å². The number of benzene rings is 4. The third kappa shape index (κ3) is 1.97. The van der Waals surface area contributed by atoms with Gasteiger partial charge >= 0.3 is 0 Å². The van der Waals surface area contributed by atoms with Crippen molar-refractivity contribution in [3.05, 3.63) is 103 Å². The molecular weight excluding hydrogens is 371 g/mol. The highest BCUT2D eigenvalue weighted by Gasteiger charge is 2.20. The lowest BCUT2D eigenvalue weighted by molar-refractivity contribution is 1.44. The highest BCUT2D eigenvalue weighted by Crippen LogP contribution is 2.49. The molecule has 0 aliphatic rings. The molecule has 0 fully saturated rings. The van der Waals surface area contributed by atoms with Crippen molar-refractivity contribution in [2.24, 2.45) is 0 Å². The van der Waals surface area contributed by atoms with Gasteiger partial charge in [0.25, 0.3) is 0 Å². The fourth-order valence-corrected chi connectivity index (χ4v) is 7.49. The van der Waals surface area contributed by atoms with Crippen molar-refractivity contribution in [2.75, 3.05) is 0 Å². The lowest BCUT2D eigenvalue weighted by Crippen LogP contribution is -1.84. The first-order valence-electron chi connectivity index (χ1n) is 9.90. The van der Waals surface area contributed by atoms with Gasteiger partial charge in [0.2, 0.25) is 0 Å². The van der Waals surface area contributed by atoms with E-state index >= 15 is 0 Å². The van der Waals surface area contributed by atoms with E-state index in [4.69, 9.17) is 0 Å². The van der Waals surface area contributed by atoms with Gasteiger partial charge in [0.15, 0.2) is 0 Å². The maximum Gasteiger partial charge on any atom is 0.0757 e. The summed E-state index contributed by atoms with van der Waals surface area (Å²) in [5.41, 5.74) is 5.27. The van der Waals surface area contributed by atoms with Crippen LogP contribution in [-0.2, 0) is 0 Å². The smallest absolute Gasteiger partial charge is 0.0757 e. The molecule has 0 aliphatic heterocycles. The number of rotatable bonds is 1. The van der Waals surface area contributed by atoms with Crippen LogP contribution in [0.1, 0.15) is 0 Å². The third-order valence-corrected chi connectivity index (χ3v) is 8.43. The molecule has 29 heavy (non-hydrogen) atoms. The molecule has 3 heterocycles. The van der Waals surface area contributed by atoms with Crippen LogP contribution in [0.15, 0.2) is 103 Å². The van der Waals surface area contributed by atoms with E-state index in [2.05, 4.69) is 111 Å². The molecule has 4 aromatic carbocycles. The van der Waals surface area contributed by atoms with Crippen LogP contribution in [0.5, 0.6) is 0 Å². The zero-order valence-electron chi connectivity index (χ0n) is 15.7. The molecule has 136 valence electrons. The summed E-state index contributed by atoms with van der Waals surface area (Å²) in [6, 6.07) is 37.7. The van der Waals surface area contributed by atoms with Gasteiger partial charge < -0.3 is 0 Å². The number of para-hydroxylation sites is 2. The minimum atomic E-state index is -0.764. The largest absolute Gasteiger partial charge is 0.281 e. The summed E-state index contributed by atoms with van der Waals surface area (Å²) in [4.78, 5) is 0. The van der Waals surface area contributed by atoms with Crippen LogP contribution in [0.4, 0.5) is 0 Å². The first-order valence-corrected chi connectivity index (χ1v) is 11.1. The molecule has 7 aromatic rings. The van der Waals surface area contributed by atoms with E-state index in [1.165, 1.54) is 48.9 Å². The molecule has 0 atom stereocenters. The summed E-state index contributed by atoms with van der Waals surface area (Å²) >= 11 is 0. The number of aromatic nitrogens is 2. The number of hydrogen-bond acceptors (Lipinski definition) is 0. The van der Waals surface area contributed by atoms with Crippen molar-refractivity contribution in [3.63, 3.8) is 0 Å². The molecule has 7 rings (SSSR count). The molecule has 0 N–H and O–H groups in total. The Hall–Kier alpha value is -3.48. The second-order valence-corrected chi connectivity index (χ2v) is 9.45. The molecule has 0 unspecified atom stereocenters. The molecule has 3 heteroatoms. The molecule has 0 radical (unpaired) electrons. The van der Waals surface area contributed by atoms with Crippen LogP contribution < -0.4 is 0 Å². The topological polar surface area (TPSA) is 8.82 Å². The lowest BCUT2D eigenvalue weighted by atomic mass is 10.1. The molecule has 2 nitrogen and oxygen atoms in total. The van der Waals surface area contributed by atoms with Gasteiger partial charge in [-0.05, 0) is 41.1 Å². The van der Waals surface area contributed by atoms with E-state index < -0.39 is 7.85 Å². The number of hydrogen-bond donors (Lipinski definition) is 0. The predicted octanol–water partition coefficient (Wildman–Crippen LogP) is 7.63. The summed E-state index contributed by atoms with van der Waals surface area (Å²) in [5, 5.41) is 6.67. The molecule has 0 saturated carbocycles. The van der Waals surface area contributed by atoms with Gasteiger partial charge in [0.05, 0.1) is 29.9 Å². The van der Waals surface area contributed by atoms with Crippen molar-refractivity contribution in [1.29, 1.82) is 0 Å². The molecule has 0 saturated heterocycles. The Morgan fingerprint density at radius 2 is 0.966 bits per heavy atom. The normalized spacial score (nSPS) is 12.1. The fourth-order valence-electron chi connectivity index (χ4n) is 4.74. The molecule has 0 bridgehead atoms. The van der Waals surface area contributed by atoms with Crippen LogP contribution in [0.25, 0.3) is 48.9 Å². The summed E-state index contributed by atoms with van der Waals surface area (Å²) in [5.74, 6) is 0. The quantitative estimate of drug-likeness (QED) is 0.273. The van der Waals surface area contributed by atoms with Gasteiger partial charge in [0.1, 0.15) is 0 Å². The van der Waals surface area contributed by atoms with Crippen LogP contribution in [0.3, 0.4) is 0 Å². The van der Waals surface area contributed by atoms with Crippen molar-refractivity contribution in [2.45, 2.75) is 0 Å². The zero-order valence-corrected chi connectivity index (χ0v) is 16.6. The van der Waals surface area contributed by atoms with E-state index in [0.29, 0.717) is 0 Å². The Bertz CT molecular complexity index is 1620. The second-order valence-electron chi connectivity index (χ2n) is 7.59. The first kappa shape index (κ1) is 15.4. The maximum absolute atomic E-state index is 2.58. The van der Waals surface area contributed by atoms with Gasteiger partial charge in [-0.15, -0.1) is 0 Å². The average molecular weight is 388 g/mol. The van der Waals surface area contributed by atoms with Crippen LogP contribution >= 0.6 is 7.85 Å². The van der Waals surface area contributed by atoms with E-state index in [0.717, 1.165) is 0 Å². The van der Waals surface area contributed by atoms with Crippen LogP contribution in [0.2, 0.25) is 0 Å². The summed E-state index contributed by atoms with van der Waals surface area (Å²) in [6.45, 7) is 0. The van der Waals surface area contributed by atoms with Gasteiger partial charge in [0, 0.05) is 16.1 Å². The van der Waals surface area contributed by atoms with Crippen molar-refractivity contribution in [1.82, 2.24) is 8.33 Å². The van der Waals surface area contributed by atoms with Crippen molar-refractivity contribution < 1.29 is 0 Å². The van der Waals surface area contributed by atoms with E-state index in [1.54, 1.807) is 0 Å². The Morgan fingerprint density at radius 1 is 0.448 bits per heavy atom. The highest BCUT2D eigenvalue weighted by atomic mass is 31.1. The van der Waals surface area contributed by atoms with Gasteiger partial charge in [-0.2, -0.15) is 0 Å². The van der Waals surface area contributed by atoms with Crippen LogP contribution in [-0.4, -0.2) is 8.33 Å². The monoisotopic (exact) mass is 388 g/mol. The van der Waals surface area contributed by atoms with Gasteiger partial charge in [-0.1, -0.05) is 72.8 Å². The summed E-state index contributed by atoms with van der Waals surface area (Å²) in [6.07, 6.45) is 0. The first-order chi connectivity index (χ1) is 14.4. The standard InChI is InChI=1S/C26H17N2P/c1-4-12-21-18(8-1)11-7-15-26(21)29-27-22-13-5-2-9-19(22)16-24(27)25-17-20-10-3-6-14-23(20)28(25)29/h1-17H. The Morgan fingerprint density at radius 3 is 1.62 bits per heavy atom. The van der Waals surface area contributed by atoms with E-state index in [9.17, 15) is 0 Å². The Kier molecular flexibility index (Phi) is 2.95. The Balaban J connectivity index is 1.80. The van der Waals surface area contributed by atoms with Gasteiger partial charge in [-0.3, -0.25) is 8.33 Å². The molecule has 0 amide bonds. The highest BCUT2D eigenvalue weighted by molar-refractivity contribution is 7.51. The van der Waals surface area contributed by atoms with Crippen molar-refractivity contribution in [3.8, 4) is 5.30 Å². The molecule has 3 aromatic heterocycles. The number of fused-ring (bicyclic) bond motifs is 8. The minimum absolute atomic E-state index is 0.764. The SMILES string of the molecule is c1ccc2c(-p3n4c5ccccc5cc4c4cc5ccccc5n43)cccc2c1. The fraction of sp³-hybridized carbons (Fsp3) is 0. The third-order valence-electron chi connectivity index (χ3n) is 5.99. The number of nitrogens with zero attached hydrogens (tertiary/aromatic N) is 2. The van der Waals surface area contributed by atoms with E-state index in [-0.39, 0.29) is 0 Å². The average Bonchev–Trinajstić information content (AvgIpc) is 3.41. The van der Waals surface area contributed by atoms with Gasteiger partial charge in [-0.25, -0.2) is 0 Å². The molecule has 0 aliphatic carbocycles. The van der Waals surface area contributed by atoms with Crippen LogP contribution in [0, 0.1) is 0 Å². The second kappa shape index (κ2) is 5.53. The summed E-state index contributed by atoms with van der Waals surface area (Å²) < 4.78 is 5.16. The zero-order chi connectivity index (χ0) is 18.9.